The smallest absolute Gasteiger partial charge is 0.316 e. The third-order valence-electron chi connectivity index (χ3n) is 10.5. The van der Waals surface area contributed by atoms with Crippen molar-refractivity contribution in [1.82, 2.24) is 15.0 Å². The van der Waals surface area contributed by atoms with Crippen LogP contribution in [-0.2, 0) is 14.3 Å². The Morgan fingerprint density at radius 1 is 1.26 bits per heavy atom. The van der Waals surface area contributed by atoms with E-state index < -0.39 is 23.0 Å². The van der Waals surface area contributed by atoms with E-state index in [1.807, 2.05) is 31.7 Å². The Kier molecular flexibility index (Phi) is 8.30. The van der Waals surface area contributed by atoms with Crippen LogP contribution < -0.4 is 4.90 Å². The summed E-state index contributed by atoms with van der Waals surface area (Å²) in [5, 5.41) is 12.1. The summed E-state index contributed by atoms with van der Waals surface area (Å²) in [6.07, 6.45) is 5.70. The number of nitrogens with zero attached hydrogens (tertiary/aromatic N) is 4. The van der Waals surface area contributed by atoms with E-state index in [4.69, 9.17) is 4.74 Å². The van der Waals surface area contributed by atoms with Gasteiger partial charge in [-0.1, -0.05) is 45.5 Å². The van der Waals surface area contributed by atoms with E-state index in [1.54, 1.807) is 0 Å². The molecule has 210 valence electrons. The number of ether oxygens (including phenoxy) is 1. The number of thioether (sulfide) groups is 1. The molecule has 3 fully saturated rings. The summed E-state index contributed by atoms with van der Waals surface area (Å²) in [7, 11) is 0. The first-order chi connectivity index (χ1) is 18.0. The molecule has 0 amide bonds. The van der Waals surface area contributed by atoms with Crippen LogP contribution in [0.4, 0.5) is 5.95 Å². The van der Waals surface area contributed by atoms with Gasteiger partial charge in [-0.05, 0) is 56.8 Å². The molecular weight excluding hydrogens is 500 g/mol. The van der Waals surface area contributed by atoms with Crippen molar-refractivity contribution in [3.05, 3.63) is 19.0 Å². The Labute approximate surface area is 231 Å². The van der Waals surface area contributed by atoms with Crippen molar-refractivity contribution in [2.75, 3.05) is 23.7 Å². The lowest BCUT2D eigenvalue weighted by atomic mass is 9.44. The van der Waals surface area contributed by atoms with Gasteiger partial charge in [0.1, 0.15) is 18.2 Å². The van der Waals surface area contributed by atoms with Crippen molar-refractivity contribution in [2.24, 2.45) is 34.0 Å². The van der Waals surface area contributed by atoms with Crippen LogP contribution in [0.1, 0.15) is 73.6 Å². The summed E-state index contributed by atoms with van der Waals surface area (Å²) in [5.41, 5.74) is -1.45. The molecule has 1 aromatic rings. The maximum atomic E-state index is 13.5. The van der Waals surface area contributed by atoms with Gasteiger partial charge in [-0.2, -0.15) is 4.98 Å². The molecule has 8 nitrogen and oxygen atoms in total. The van der Waals surface area contributed by atoms with Crippen LogP contribution in [0.3, 0.4) is 0 Å². The van der Waals surface area contributed by atoms with E-state index in [0.29, 0.717) is 23.9 Å². The van der Waals surface area contributed by atoms with Gasteiger partial charge in [-0.3, -0.25) is 9.59 Å². The number of aromatic nitrogens is 3. The lowest BCUT2D eigenvalue weighted by Crippen LogP contribution is -2.63. The highest BCUT2D eigenvalue weighted by molar-refractivity contribution is 7.99. The molecule has 0 unspecified atom stereocenters. The molecule has 0 saturated heterocycles. The van der Waals surface area contributed by atoms with Crippen molar-refractivity contribution >= 4 is 29.5 Å². The van der Waals surface area contributed by atoms with Gasteiger partial charge in [0.25, 0.3) is 0 Å². The summed E-state index contributed by atoms with van der Waals surface area (Å²) in [6.45, 7) is 18.2. The molecule has 0 spiro atoms. The second-order valence-corrected chi connectivity index (χ2v) is 13.0. The van der Waals surface area contributed by atoms with Gasteiger partial charge < -0.3 is 14.7 Å². The van der Waals surface area contributed by atoms with Crippen molar-refractivity contribution in [3.8, 4) is 0 Å². The number of anilines is 1. The zero-order valence-electron chi connectivity index (χ0n) is 23.8. The normalized spacial score (nSPS) is 38.6. The first-order valence-corrected chi connectivity index (χ1v) is 15.1. The van der Waals surface area contributed by atoms with Gasteiger partial charge in [0.2, 0.25) is 5.95 Å². The number of aliphatic hydroxyl groups excluding tert-OH is 1. The number of esters is 1. The fourth-order valence-electron chi connectivity index (χ4n) is 7.82. The number of hydrogen-bond acceptors (Lipinski definition) is 9. The zero-order valence-corrected chi connectivity index (χ0v) is 24.6. The maximum absolute atomic E-state index is 13.5. The van der Waals surface area contributed by atoms with Crippen molar-refractivity contribution in [2.45, 2.75) is 91.0 Å². The largest absolute Gasteiger partial charge is 0.461 e. The molecule has 1 heterocycles. The van der Waals surface area contributed by atoms with E-state index in [1.165, 1.54) is 18.1 Å². The minimum absolute atomic E-state index is 0.0511. The molecule has 8 atom stereocenters. The summed E-state index contributed by atoms with van der Waals surface area (Å²) >= 11 is 1.23. The quantitative estimate of drug-likeness (QED) is 0.283. The van der Waals surface area contributed by atoms with Gasteiger partial charge >= 0.3 is 5.97 Å². The SMILES string of the molecule is C=C[C@]1(C)C[C@@H](OC(=O)CSc2ncnc(N(CC)CC)n2)[C@]2(C)[C@H](C)CC[C@]3(CCC(=O)[C@H]32)[C@@H](C)[C@@H]1O. The molecule has 9 heteroatoms. The van der Waals surface area contributed by atoms with Crippen molar-refractivity contribution in [3.63, 3.8) is 0 Å². The van der Waals surface area contributed by atoms with E-state index in [-0.39, 0.29) is 40.7 Å². The van der Waals surface area contributed by atoms with Crippen LogP contribution >= 0.6 is 11.8 Å². The molecule has 4 rings (SSSR count). The van der Waals surface area contributed by atoms with Gasteiger partial charge in [0, 0.05) is 36.3 Å². The maximum Gasteiger partial charge on any atom is 0.316 e. The predicted molar refractivity (Wildman–Crippen MR) is 149 cm³/mol. The van der Waals surface area contributed by atoms with Gasteiger partial charge in [0.05, 0.1) is 11.9 Å². The molecular formula is C29H44N4O4S. The van der Waals surface area contributed by atoms with Crippen molar-refractivity contribution < 1.29 is 19.4 Å². The average molecular weight is 545 g/mol. The van der Waals surface area contributed by atoms with Crippen LogP contribution in [0.25, 0.3) is 0 Å². The van der Waals surface area contributed by atoms with E-state index in [0.717, 1.165) is 32.4 Å². The lowest BCUT2D eigenvalue weighted by Gasteiger charge is -2.61. The molecule has 3 saturated carbocycles. The minimum atomic E-state index is -0.675. The van der Waals surface area contributed by atoms with Gasteiger partial charge in [0.15, 0.2) is 5.16 Å². The molecule has 1 aromatic heterocycles. The molecule has 0 aromatic carbocycles. The van der Waals surface area contributed by atoms with E-state index in [2.05, 4.69) is 42.3 Å². The highest BCUT2D eigenvalue weighted by Gasteiger charge is 2.68. The monoisotopic (exact) mass is 544 g/mol. The Balaban J connectivity index is 1.62. The van der Waals surface area contributed by atoms with Crippen LogP contribution in [0.5, 0.6) is 0 Å². The summed E-state index contributed by atoms with van der Waals surface area (Å²) in [6, 6.07) is 0. The van der Waals surface area contributed by atoms with Gasteiger partial charge in [-0.15, -0.1) is 6.58 Å². The summed E-state index contributed by atoms with van der Waals surface area (Å²) in [4.78, 5) is 41.9. The van der Waals surface area contributed by atoms with Crippen LogP contribution in [0.2, 0.25) is 0 Å². The molecule has 1 N–H and O–H groups in total. The van der Waals surface area contributed by atoms with Gasteiger partial charge in [-0.25, -0.2) is 9.97 Å². The third-order valence-corrected chi connectivity index (χ3v) is 11.3. The fraction of sp³-hybridized carbons (Fsp3) is 0.759. The fourth-order valence-corrected chi connectivity index (χ4v) is 8.40. The highest BCUT2D eigenvalue weighted by atomic mass is 32.2. The molecule has 0 radical (unpaired) electrons. The summed E-state index contributed by atoms with van der Waals surface area (Å²) < 4.78 is 6.31. The molecule has 3 aliphatic rings. The molecule has 2 bridgehead atoms. The van der Waals surface area contributed by atoms with Crippen LogP contribution in [0.15, 0.2) is 24.1 Å². The Morgan fingerprint density at radius 3 is 2.63 bits per heavy atom. The molecule has 38 heavy (non-hydrogen) atoms. The topological polar surface area (TPSA) is 106 Å². The zero-order chi connectivity index (χ0) is 27.9. The summed E-state index contributed by atoms with van der Waals surface area (Å²) in [5.74, 6) is 0.443. The predicted octanol–water partition coefficient (Wildman–Crippen LogP) is 4.72. The number of aliphatic hydroxyl groups is 1. The van der Waals surface area contributed by atoms with Crippen LogP contribution in [-0.4, -0.2) is 62.9 Å². The van der Waals surface area contributed by atoms with Crippen molar-refractivity contribution in [1.29, 1.82) is 0 Å². The van der Waals surface area contributed by atoms with Crippen LogP contribution in [0, 0.1) is 34.0 Å². The second kappa shape index (κ2) is 10.9. The molecule has 0 aliphatic heterocycles. The number of ketones is 1. The average Bonchev–Trinajstić information content (AvgIpc) is 3.27. The Morgan fingerprint density at radius 2 is 1.97 bits per heavy atom. The minimum Gasteiger partial charge on any atom is -0.461 e. The highest BCUT2D eigenvalue weighted by Crippen LogP contribution is 2.68. The third kappa shape index (κ3) is 4.67. The Bertz CT molecular complexity index is 1070. The first kappa shape index (κ1) is 29.0. The number of rotatable bonds is 8. The number of Topliss-reactive ketones (excluding diaryl/α,β-unsaturated/α-hetero) is 1. The van der Waals surface area contributed by atoms with E-state index in [9.17, 15) is 14.7 Å². The molecule has 3 aliphatic carbocycles. The number of carbonyl (C=O) groups is 2. The van der Waals surface area contributed by atoms with E-state index >= 15 is 0 Å². The standard InChI is InChI=1S/C29H44N4O4S/c1-8-27(6)15-21(37-22(35)16-38-26-31-17-30-25(32-26)33(9-2)10-3)28(7)18(4)11-13-29(19(5)24(27)36)14-12-20(34)23(28)29/h8,17-19,21,23-24,36H,1,9-16H2,2-7H3/t18-,19+,21-,23+,24+,27-,28+,29+/m1/s1. The number of carbonyl (C=O) groups excluding carboxylic acids is 2. The second-order valence-electron chi connectivity index (χ2n) is 12.1. The number of hydrogen-bond donors (Lipinski definition) is 1. The Hall–Kier alpha value is -2.00. The first-order valence-electron chi connectivity index (χ1n) is 14.1. The lowest BCUT2D eigenvalue weighted by molar-refractivity contribution is -0.205.